The van der Waals surface area contributed by atoms with E-state index in [0.717, 1.165) is 29.5 Å². The van der Waals surface area contributed by atoms with Crippen LogP contribution in [0.25, 0.3) is 10.9 Å². The van der Waals surface area contributed by atoms with E-state index in [1.807, 2.05) is 30.3 Å². The van der Waals surface area contributed by atoms with Gasteiger partial charge in [0, 0.05) is 11.5 Å². The molecule has 1 saturated carbocycles. The second kappa shape index (κ2) is 6.02. The van der Waals surface area contributed by atoms with E-state index in [-0.39, 0.29) is 12.7 Å². The number of rotatable bonds is 3. The first kappa shape index (κ1) is 14.3. The lowest BCUT2D eigenvalue weighted by Crippen LogP contribution is -2.28. The summed E-state index contributed by atoms with van der Waals surface area (Å²) in [5, 5.41) is 10.4. The lowest BCUT2D eigenvalue weighted by molar-refractivity contribution is 0.102. The van der Waals surface area contributed by atoms with Crippen molar-refractivity contribution < 1.29 is 9.84 Å². The number of aliphatic hydroxyl groups is 1. The number of ether oxygens (including phenoxy) is 1. The van der Waals surface area contributed by atoms with Gasteiger partial charge in [-0.2, -0.15) is 0 Å². The summed E-state index contributed by atoms with van der Waals surface area (Å²) >= 11 is 0. The fraction of sp³-hybridized carbons (Fsp3) is 0.500. The second-order valence-electron chi connectivity index (χ2n) is 6.44. The molecular weight excluding hydrogens is 262 g/mol. The summed E-state index contributed by atoms with van der Waals surface area (Å²) in [6.07, 6.45) is 3.77. The number of hydrogen-bond acceptors (Lipinski definition) is 3. The first-order chi connectivity index (χ1) is 10.2. The molecule has 1 aromatic carbocycles. The van der Waals surface area contributed by atoms with Crippen LogP contribution >= 0.6 is 0 Å². The van der Waals surface area contributed by atoms with Crippen LogP contribution in [0.1, 0.15) is 38.8 Å². The third-order valence-corrected chi connectivity index (χ3v) is 4.32. The van der Waals surface area contributed by atoms with Gasteiger partial charge in [0.05, 0.1) is 23.9 Å². The Labute approximate surface area is 126 Å². The predicted molar refractivity (Wildman–Crippen MR) is 84.3 cm³/mol. The minimum absolute atomic E-state index is 0.0569. The minimum Gasteiger partial charge on any atom is -0.490 e. The normalized spacial score (nSPS) is 26.0. The summed E-state index contributed by atoms with van der Waals surface area (Å²) in [6.45, 7) is 4.55. The maximum absolute atomic E-state index is 9.39. The van der Waals surface area contributed by atoms with Crippen LogP contribution < -0.4 is 4.74 Å². The van der Waals surface area contributed by atoms with Gasteiger partial charge in [-0.1, -0.05) is 26.0 Å². The Morgan fingerprint density at radius 3 is 2.57 bits per heavy atom. The van der Waals surface area contributed by atoms with Crippen molar-refractivity contribution in [1.82, 2.24) is 4.98 Å². The summed E-state index contributed by atoms with van der Waals surface area (Å²) < 4.78 is 6.30. The van der Waals surface area contributed by atoms with Gasteiger partial charge in [-0.25, -0.2) is 0 Å². The monoisotopic (exact) mass is 285 g/mol. The number of hydrogen-bond donors (Lipinski definition) is 1. The van der Waals surface area contributed by atoms with Crippen LogP contribution in [0.4, 0.5) is 0 Å². The maximum atomic E-state index is 9.39. The Morgan fingerprint density at radius 2 is 1.86 bits per heavy atom. The first-order valence-corrected chi connectivity index (χ1v) is 7.82. The molecule has 0 amide bonds. The van der Waals surface area contributed by atoms with Crippen LogP contribution in [0, 0.1) is 11.8 Å². The van der Waals surface area contributed by atoms with E-state index in [4.69, 9.17) is 4.74 Å². The quantitative estimate of drug-likeness (QED) is 0.929. The van der Waals surface area contributed by atoms with Crippen LogP contribution in [0.15, 0.2) is 30.3 Å². The third-order valence-electron chi connectivity index (χ3n) is 4.32. The van der Waals surface area contributed by atoms with Crippen molar-refractivity contribution in [2.45, 2.75) is 45.8 Å². The highest BCUT2D eigenvalue weighted by Crippen LogP contribution is 2.33. The summed E-state index contributed by atoms with van der Waals surface area (Å²) in [4.78, 5) is 4.45. The molecule has 0 aliphatic heterocycles. The molecule has 112 valence electrons. The summed E-state index contributed by atoms with van der Waals surface area (Å²) in [5.41, 5.74) is 1.55. The lowest BCUT2D eigenvalue weighted by Gasteiger charge is -2.32. The highest BCUT2D eigenvalue weighted by Gasteiger charge is 2.25. The SMILES string of the molecule is CC1CC(C)CC(Oc2cc(CO)nc3ccccc23)C1. The average molecular weight is 285 g/mol. The molecule has 2 aromatic rings. The zero-order chi connectivity index (χ0) is 14.8. The Kier molecular flexibility index (Phi) is 4.11. The summed E-state index contributed by atoms with van der Waals surface area (Å²) in [6, 6.07) is 9.85. The van der Waals surface area contributed by atoms with Gasteiger partial charge in [0.15, 0.2) is 0 Å². The van der Waals surface area contributed by atoms with Crippen molar-refractivity contribution in [1.29, 1.82) is 0 Å². The molecule has 0 radical (unpaired) electrons. The highest BCUT2D eigenvalue weighted by molar-refractivity contribution is 5.85. The number of benzene rings is 1. The van der Waals surface area contributed by atoms with Crippen molar-refractivity contribution in [2.75, 3.05) is 0 Å². The number of aromatic nitrogens is 1. The Morgan fingerprint density at radius 1 is 1.14 bits per heavy atom. The van der Waals surface area contributed by atoms with Gasteiger partial charge in [-0.05, 0) is 43.2 Å². The molecule has 1 aliphatic rings. The number of fused-ring (bicyclic) bond motifs is 1. The molecular formula is C18H23NO2. The smallest absolute Gasteiger partial charge is 0.131 e. The second-order valence-corrected chi connectivity index (χ2v) is 6.44. The van der Waals surface area contributed by atoms with Crippen molar-refractivity contribution in [3.05, 3.63) is 36.0 Å². The molecule has 0 bridgehead atoms. The van der Waals surface area contributed by atoms with E-state index in [1.54, 1.807) is 0 Å². The number of para-hydroxylation sites is 1. The molecule has 1 N–H and O–H groups in total. The zero-order valence-corrected chi connectivity index (χ0v) is 12.7. The third kappa shape index (κ3) is 3.18. The van der Waals surface area contributed by atoms with Crippen LogP contribution in [0.3, 0.4) is 0 Å². The van der Waals surface area contributed by atoms with Crippen molar-refractivity contribution >= 4 is 10.9 Å². The Hall–Kier alpha value is -1.61. The van der Waals surface area contributed by atoms with Gasteiger partial charge >= 0.3 is 0 Å². The van der Waals surface area contributed by atoms with Crippen LogP contribution in [0.5, 0.6) is 5.75 Å². The Bertz CT molecular complexity index is 616. The molecule has 1 aromatic heterocycles. The molecule has 21 heavy (non-hydrogen) atoms. The molecule has 1 fully saturated rings. The van der Waals surface area contributed by atoms with Crippen LogP contribution in [-0.2, 0) is 6.61 Å². The zero-order valence-electron chi connectivity index (χ0n) is 12.7. The Balaban J connectivity index is 1.92. The van der Waals surface area contributed by atoms with E-state index in [9.17, 15) is 5.11 Å². The van der Waals surface area contributed by atoms with Gasteiger partial charge in [-0.3, -0.25) is 4.98 Å². The molecule has 3 nitrogen and oxygen atoms in total. The van der Waals surface area contributed by atoms with E-state index in [2.05, 4.69) is 18.8 Å². The van der Waals surface area contributed by atoms with E-state index >= 15 is 0 Å². The van der Waals surface area contributed by atoms with Crippen molar-refractivity contribution in [3.63, 3.8) is 0 Å². The summed E-state index contributed by atoms with van der Waals surface area (Å²) in [5.74, 6) is 2.28. The highest BCUT2D eigenvalue weighted by atomic mass is 16.5. The number of pyridine rings is 1. The van der Waals surface area contributed by atoms with Gasteiger partial charge in [0.1, 0.15) is 5.75 Å². The van der Waals surface area contributed by atoms with Gasteiger partial charge in [0.2, 0.25) is 0 Å². The van der Waals surface area contributed by atoms with E-state index in [1.165, 1.54) is 6.42 Å². The van der Waals surface area contributed by atoms with Crippen LogP contribution in [-0.4, -0.2) is 16.2 Å². The van der Waals surface area contributed by atoms with Gasteiger partial charge in [0.25, 0.3) is 0 Å². The molecule has 3 rings (SSSR count). The molecule has 2 atom stereocenters. The minimum atomic E-state index is -0.0569. The topological polar surface area (TPSA) is 42.4 Å². The standard InChI is InChI=1S/C18H23NO2/c1-12-7-13(2)9-15(8-12)21-18-10-14(11-20)19-17-6-4-3-5-16(17)18/h3-6,10,12-13,15,20H,7-9,11H2,1-2H3. The van der Waals surface area contributed by atoms with E-state index in [0.29, 0.717) is 17.5 Å². The molecule has 1 aliphatic carbocycles. The largest absolute Gasteiger partial charge is 0.490 e. The van der Waals surface area contributed by atoms with Crippen molar-refractivity contribution in [2.24, 2.45) is 11.8 Å². The fourth-order valence-electron chi connectivity index (χ4n) is 3.52. The van der Waals surface area contributed by atoms with Crippen molar-refractivity contribution in [3.8, 4) is 5.75 Å². The molecule has 2 unspecified atom stereocenters. The predicted octanol–water partition coefficient (Wildman–Crippen LogP) is 3.93. The maximum Gasteiger partial charge on any atom is 0.131 e. The fourth-order valence-corrected chi connectivity index (χ4v) is 3.52. The molecule has 1 heterocycles. The average Bonchev–Trinajstić information content (AvgIpc) is 2.46. The lowest BCUT2D eigenvalue weighted by atomic mass is 9.82. The molecule has 3 heteroatoms. The summed E-state index contributed by atoms with van der Waals surface area (Å²) in [7, 11) is 0. The van der Waals surface area contributed by atoms with Gasteiger partial charge in [-0.15, -0.1) is 0 Å². The number of nitrogens with zero attached hydrogens (tertiary/aromatic N) is 1. The van der Waals surface area contributed by atoms with Gasteiger partial charge < -0.3 is 9.84 Å². The van der Waals surface area contributed by atoms with Crippen LogP contribution in [0.2, 0.25) is 0 Å². The molecule has 0 spiro atoms. The first-order valence-electron chi connectivity index (χ1n) is 7.82. The molecule has 0 saturated heterocycles. The number of aliphatic hydroxyl groups excluding tert-OH is 1. The van der Waals surface area contributed by atoms with E-state index < -0.39 is 0 Å².